The predicted molar refractivity (Wildman–Crippen MR) is 147 cm³/mol. The van der Waals surface area contributed by atoms with Gasteiger partial charge in [0.05, 0.1) is 0 Å². The molecular formula is C29H30BF3KNO2Si. The van der Waals surface area contributed by atoms with Gasteiger partial charge in [-0.3, -0.25) is 0 Å². The number of carbonyl (C=O) groups excluding carboxylic acids is 1. The van der Waals surface area contributed by atoms with Crippen LogP contribution in [0.1, 0.15) is 39.3 Å². The van der Waals surface area contributed by atoms with Crippen molar-refractivity contribution in [3.63, 3.8) is 0 Å². The third kappa shape index (κ3) is 6.85. The van der Waals surface area contributed by atoms with Gasteiger partial charge in [-0.05, 0) is 47.2 Å². The van der Waals surface area contributed by atoms with E-state index in [-0.39, 0.29) is 76.0 Å². The average molecular weight is 560 g/mol. The van der Waals surface area contributed by atoms with Gasteiger partial charge in [-0.25, -0.2) is 4.79 Å². The van der Waals surface area contributed by atoms with Crippen LogP contribution >= 0.6 is 0 Å². The molecule has 38 heavy (non-hydrogen) atoms. The van der Waals surface area contributed by atoms with Gasteiger partial charge in [-0.15, -0.1) is 11.0 Å². The smallest absolute Gasteiger partial charge is 0.449 e. The Labute approximate surface area is 266 Å². The molecule has 0 radical (unpaired) electrons. The zero-order valence-electron chi connectivity index (χ0n) is 22.7. The van der Waals surface area contributed by atoms with E-state index in [9.17, 15) is 17.7 Å². The Morgan fingerprint density at radius 1 is 0.974 bits per heavy atom. The summed E-state index contributed by atoms with van der Waals surface area (Å²) in [5.41, 5.74) is 8.49. The molecule has 3 nitrogen and oxygen atoms in total. The molecule has 3 aromatic carbocycles. The number of nitrogens with one attached hydrogen (secondary N) is 1. The Bertz CT molecular complexity index is 1380. The topological polar surface area (TPSA) is 38.3 Å². The number of fused-ring (bicyclic) bond motifs is 3. The Morgan fingerprint density at radius 3 is 2.05 bits per heavy atom. The van der Waals surface area contributed by atoms with Gasteiger partial charge in [0.25, 0.3) is 0 Å². The molecule has 192 valence electrons. The van der Waals surface area contributed by atoms with Crippen LogP contribution in [0.15, 0.2) is 54.6 Å². The van der Waals surface area contributed by atoms with E-state index in [1.54, 1.807) is 6.92 Å². The van der Waals surface area contributed by atoms with E-state index in [1.165, 1.54) is 6.92 Å². The maximum absolute atomic E-state index is 13.9. The molecule has 1 amide bonds. The number of hydrogen-bond acceptors (Lipinski definition) is 2. The second-order valence-corrected chi connectivity index (χ2v) is 15.3. The van der Waals surface area contributed by atoms with Gasteiger partial charge in [0.15, 0.2) is 0 Å². The first-order chi connectivity index (χ1) is 17.4. The van der Waals surface area contributed by atoms with Gasteiger partial charge in [-0.2, -0.15) is 0 Å². The van der Waals surface area contributed by atoms with Gasteiger partial charge >= 0.3 is 64.5 Å². The van der Waals surface area contributed by atoms with E-state index in [0.717, 1.165) is 28.3 Å². The van der Waals surface area contributed by atoms with Gasteiger partial charge in [-0.1, -0.05) is 85.7 Å². The maximum atomic E-state index is 13.9. The summed E-state index contributed by atoms with van der Waals surface area (Å²) in [7, 11) is -1.80. The predicted octanol–water partition coefficient (Wildman–Crippen LogP) is 3.63. The van der Waals surface area contributed by atoms with Crippen molar-refractivity contribution < 1.29 is 73.9 Å². The maximum Gasteiger partial charge on any atom is 1.00 e. The van der Waals surface area contributed by atoms with Gasteiger partial charge in [0.1, 0.15) is 14.7 Å². The zero-order valence-corrected chi connectivity index (χ0v) is 26.8. The average Bonchev–Trinajstić information content (AvgIpc) is 3.14. The molecule has 3 aromatic rings. The fourth-order valence-corrected chi connectivity index (χ4v) is 5.27. The first kappa shape index (κ1) is 30.7. The van der Waals surface area contributed by atoms with Crippen LogP contribution in [0.4, 0.5) is 17.7 Å². The molecule has 0 unspecified atom stereocenters. The second-order valence-electron chi connectivity index (χ2n) is 10.5. The van der Waals surface area contributed by atoms with Crippen LogP contribution in [-0.4, -0.2) is 27.8 Å². The van der Waals surface area contributed by atoms with Crippen LogP contribution in [0.25, 0.3) is 11.1 Å². The van der Waals surface area contributed by atoms with E-state index < -0.39 is 26.6 Å². The van der Waals surface area contributed by atoms with Crippen LogP contribution in [0.5, 0.6) is 0 Å². The van der Waals surface area contributed by atoms with E-state index in [2.05, 4.69) is 28.9 Å². The molecule has 1 aliphatic carbocycles. The first-order valence-electron chi connectivity index (χ1n) is 12.3. The molecule has 1 N–H and O–H groups in total. The summed E-state index contributed by atoms with van der Waals surface area (Å²) in [6, 6.07) is 17.2. The summed E-state index contributed by atoms with van der Waals surface area (Å²) in [5, 5.41) is 2.65. The number of benzene rings is 3. The molecule has 9 heteroatoms. The first-order valence-corrected chi connectivity index (χ1v) is 15.8. The Balaban J connectivity index is 0.00000400. The number of rotatable bonds is 5. The van der Waals surface area contributed by atoms with Crippen molar-refractivity contribution in [2.45, 2.75) is 46.0 Å². The van der Waals surface area contributed by atoms with Gasteiger partial charge in [0, 0.05) is 18.0 Å². The Hall–Kier alpha value is -1.80. The van der Waals surface area contributed by atoms with Crippen LogP contribution < -0.4 is 62.2 Å². The number of hydrogen-bond donors (Lipinski definition) is 1. The minimum Gasteiger partial charge on any atom is -0.449 e. The molecule has 0 spiro atoms. The largest absolute Gasteiger partial charge is 1.00 e. The van der Waals surface area contributed by atoms with Crippen molar-refractivity contribution in [2.75, 3.05) is 6.61 Å². The number of ether oxygens (including phenoxy) is 1. The van der Waals surface area contributed by atoms with Crippen LogP contribution in [0, 0.1) is 25.3 Å². The SMILES string of the molecule is Cc1c(CNC(=O)OCC2c3ccccc3-c3ccccc32)cc([B-](F)(F)F)c(C)c1C#C[Si](C)(C)C.[K+]. The van der Waals surface area contributed by atoms with Crippen LogP contribution in [0.3, 0.4) is 0 Å². The van der Waals surface area contributed by atoms with E-state index >= 15 is 0 Å². The molecule has 0 bridgehead atoms. The third-order valence-corrected chi connectivity index (χ3v) is 7.55. The summed E-state index contributed by atoms with van der Waals surface area (Å²) < 4.78 is 47.1. The molecule has 0 atom stereocenters. The van der Waals surface area contributed by atoms with E-state index in [1.807, 2.05) is 56.0 Å². The standard InChI is InChI=1S/C29H30BF3NO2Si.K/c1-19-21(16-28(30(31,32)33)20(2)22(19)14-15-37(3,4)5)17-34-29(35)36-18-27-25-12-8-6-10-23(25)24-11-7-9-13-26(24)27;/h6-13,16,27H,17-18H2,1-5H3,(H,34,35);/q-1;+1. The van der Waals surface area contributed by atoms with Crippen molar-refractivity contribution in [2.24, 2.45) is 0 Å². The molecule has 0 fully saturated rings. The number of halogens is 3. The number of alkyl carbamates (subject to hydrolysis) is 1. The van der Waals surface area contributed by atoms with Crippen molar-refractivity contribution >= 4 is 26.6 Å². The van der Waals surface area contributed by atoms with Gasteiger partial charge in [0.2, 0.25) is 0 Å². The normalized spacial score (nSPS) is 12.5. The van der Waals surface area contributed by atoms with Crippen molar-refractivity contribution in [1.82, 2.24) is 5.32 Å². The Morgan fingerprint density at radius 2 is 1.53 bits per heavy atom. The Kier molecular flexibility index (Phi) is 9.83. The molecule has 0 aromatic heterocycles. The van der Waals surface area contributed by atoms with Crippen molar-refractivity contribution in [3.8, 4) is 22.6 Å². The fourth-order valence-electron chi connectivity index (χ4n) is 4.77. The van der Waals surface area contributed by atoms with Crippen molar-refractivity contribution in [3.05, 3.63) is 88.0 Å². The summed E-state index contributed by atoms with van der Waals surface area (Å²) >= 11 is 0. The summed E-state index contributed by atoms with van der Waals surface area (Å²) in [4.78, 5) is 12.6. The molecule has 0 saturated heterocycles. The van der Waals surface area contributed by atoms with E-state index in [0.29, 0.717) is 16.7 Å². The molecular weight excluding hydrogens is 529 g/mol. The number of carbonyl (C=O) groups is 1. The van der Waals surface area contributed by atoms with E-state index in [4.69, 9.17) is 4.74 Å². The van der Waals surface area contributed by atoms with Crippen LogP contribution in [-0.2, 0) is 11.3 Å². The van der Waals surface area contributed by atoms with Crippen molar-refractivity contribution in [1.29, 1.82) is 0 Å². The molecule has 1 aliphatic rings. The molecule has 4 rings (SSSR count). The summed E-state index contributed by atoms with van der Waals surface area (Å²) in [6.45, 7) is 4.18. The molecule has 0 aliphatic heterocycles. The van der Waals surface area contributed by atoms with Crippen LogP contribution in [0.2, 0.25) is 19.6 Å². The quantitative estimate of drug-likeness (QED) is 0.383. The summed E-state index contributed by atoms with van der Waals surface area (Å²) in [6.07, 6.45) is -0.671. The molecule has 0 saturated carbocycles. The minimum atomic E-state index is -5.23. The second kappa shape index (κ2) is 12.2. The molecule has 0 heterocycles. The summed E-state index contributed by atoms with van der Waals surface area (Å²) in [5.74, 6) is 2.93. The van der Waals surface area contributed by atoms with Gasteiger partial charge < -0.3 is 23.0 Å². The zero-order chi connectivity index (χ0) is 27.0. The monoisotopic (exact) mass is 559 g/mol. The number of amides is 1. The fraction of sp³-hybridized carbons (Fsp3) is 0.276. The third-order valence-electron chi connectivity index (χ3n) is 6.68. The minimum absolute atomic E-state index is 0.